The monoisotopic (exact) mass is 444 g/mol. The zero-order chi connectivity index (χ0) is 23.3. The highest BCUT2D eigenvalue weighted by atomic mass is 19.1. The third kappa shape index (κ3) is 3.67. The van der Waals surface area contributed by atoms with Crippen molar-refractivity contribution in [3.05, 3.63) is 65.6 Å². The summed E-state index contributed by atoms with van der Waals surface area (Å²) in [5.74, 6) is -0.613. The van der Waals surface area contributed by atoms with Crippen molar-refractivity contribution < 1.29 is 9.18 Å². The summed E-state index contributed by atoms with van der Waals surface area (Å²) in [7, 11) is 1.93. The number of benzene rings is 2. The highest BCUT2D eigenvalue weighted by Crippen LogP contribution is 2.37. The Morgan fingerprint density at radius 3 is 2.42 bits per heavy atom. The smallest absolute Gasteiger partial charge is 0.252 e. The molecule has 0 saturated carbocycles. The molecule has 2 aromatic carbocycles. The Kier molecular flexibility index (Phi) is 4.81. The van der Waals surface area contributed by atoms with Gasteiger partial charge in [-0.15, -0.1) is 0 Å². The number of nitrogens with zero attached hydrogens (tertiary/aromatic N) is 4. The molecule has 3 N–H and O–H groups in total. The second-order valence-corrected chi connectivity index (χ2v) is 8.95. The maximum absolute atomic E-state index is 14.8. The van der Waals surface area contributed by atoms with E-state index >= 15 is 0 Å². The summed E-state index contributed by atoms with van der Waals surface area (Å²) in [4.78, 5) is 18.3. The summed E-state index contributed by atoms with van der Waals surface area (Å²) in [6.45, 7) is 5.56. The van der Waals surface area contributed by atoms with E-state index in [-0.39, 0.29) is 11.7 Å². The van der Waals surface area contributed by atoms with Crippen LogP contribution in [-0.4, -0.2) is 42.4 Å². The van der Waals surface area contributed by atoms with Crippen LogP contribution in [0.15, 0.2) is 53.6 Å². The lowest BCUT2D eigenvalue weighted by Gasteiger charge is -2.27. The van der Waals surface area contributed by atoms with Gasteiger partial charge in [0.2, 0.25) is 5.95 Å². The summed E-state index contributed by atoms with van der Waals surface area (Å²) in [5, 5.41) is 9.16. The second kappa shape index (κ2) is 7.58. The van der Waals surface area contributed by atoms with Crippen LogP contribution in [0, 0.1) is 5.95 Å². The molecule has 0 atom stereocenters. The minimum atomic E-state index is -0.622. The SMILES string of the molecule is CN1CCN(c2ccc(-c3cc(-c4ccc5c(c4)C(C)(C)NC5=O)c(N)nc3F)cc2)C=N1. The van der Waals surface area contributed by atoms with E-state index in [1.54, 1.807) is 18.5 Å². The van der Waals surface area contributed by atoms with Gasteiger partial charge in [0.1, 0.15) is 12.2 Å². The first-order valence-corrected chi connectivity index (χ1v) is 10.8. The van der Waals surface area contributed by atoms with Crippen LogP contribution in [0.1, 0.15) is 29.8 Å². The molecule has 168 valence electrons. The summed E-state index contributed by atoms with van der Waals surface area (Å²) in [6, 6.07) is 14.9. The minimum absolute atomic E-state index is 0.0991. The Hall–Kier alpha value is -3.94. The number of carbonyl (C=O) groups excluding carboxylic acids is 1. The van der Waals surface area contributed by atoms with Gasteiger partial charge < -0.3 is 16.0 Å². The Balaban J connectivity index is 1.52. The van der Waals surface area contributed by atoms with Crippen LogP contribution >= 0.6 is 0 Å². The Morgan fingerprint density at radius 2 is 1.73 bits per heavy atom. The molecule has 33 heavy (non-hydrogen) atoms. The lowest BCUT2D eigenvalue weighted by Crippen LogP contribution is -2.35. The second-order valence-electron chi connectivity index (χ2n) is 8.95. The number of anilines is 2. The average Bonchev–Trinajstić information content (AvgIpc) is 3.02. The van der Waals surface area contributed by atoms with E-state index in [1.165, 1.54) is 0 Å². The Morgan fingerprint density at radius 1 is 1.00 bits per heavy atom. The van der Waals surface area contributed by atoms with E-state index in [4.69, 9.17) is 5.73 Å². The lowest BCUT2D eigenvalue weighted by molar-refractivity contribution is 0.0940. The van der Waals surface area contributed by atoms with Crippen LogP contribution in [0.25, 0.3) is 22.3 Å². The fourth-order valence-electron chi connectivity index (χ4n) is 4.33. The van der Waals surface area contributed by atoms with E-state index in [1.807, 2.05) is 62.3 Å². The molecule has 3 heterocycles. The molecule has 0 saturated heterocycles. The molecular weight excluding hydrogens is 419 g/mol. The highest BCUT2D eigenvalue weighted by Gasteiger charge is 2.35. The predicted octanol–water partition coefficient (Wildman–Crippen LogP) is 3.81. The molecule has 0 bridgehead atoms. The number of aromatic nitrogens is 1. The van der Waals surface area contributed by atoms with Crippen molar-refractivity contribution in [3.8, 4) is 22.3 Å². The molecular formula is C25H25FN6O. The first kappa shape index (κ1) is 20.9. The number of nitrogens with two attached hydrogens (primary N) is 1. The number of fused-ring (bicyclic) bond motifs is 1. The van der Waals surface area contributed by atoms with Gasteiger partial charge in [0.05, 0.1) is 12.1 Å². The van der Waals surface area contributed by atoms with Crippen molar-refractivity contribution in [2.24, 2.45) is 5.10 Å². The molecule has 3 aromatic rings. The molecule has 1 amide bonds. The topological polar surface area (TPSA) is 86.8 Å². The van der Waals surface area contributed by atoms with Crippen molar-refractivity contribution in [2.45, 2.75) is 19.4 Å². The number of halogens is 1. The third-order valence-electron chi connectivity index (χ3n) is 6.24. The van der Waals surface area contributed by atoms with Gasteiger partial charge in [-0.3, -0.25) is 9.80 Å². The maximum Gasteiger partial charge on any atom is 0.252 e. The summed E-state index contributed by atoms with van der Waals surface area (Å²) in [6.07, 6.45) is 1.79. The molecule has 5 rings (SSSR count). The summed E-state index contributed by atoms with van der Waals surface area (Å²) >= 11 is 0. The van der Waals surface area contributed by atoms with Crippen molar-refractivity contribution >= 4 is 23.8 Å². The fraction of sp³-hybridized carbons (Fsp3) is 0.240. The van der Waals surface area contributed by atoms with Gasteiger partial charge in [-0.25, -0.2) is 4.98 Å². The number of carbonyl (C=O) groups is 1. The number of nitrogens with one attached hydrogen (secondary N) is 1. The lowest BCUT2D eigenvalue weighted by atomic mass is 9.90. The van der Waals surface area contributed by atoms with E-state index in [0.717, 1.165) is 29.9 Å². The summed E-state index contributed by atoms with van der Waals surface area (Å²) < 4.78 is 14.8. The number of likely N-dealkylation sites (N-methyl/N-ethyl adjacent to an activating group) is 1. The molecule has 2 aliphatic rings. The van der Waals surface area contributed by atoms with E-state index < -0.39 is 11.5 Å². The van der Waals surface area contributed by atoms with E-state index in [9.17, 15) is 9.18 Å². The normalized spacial score (nSPS) is 16.7. The van der Waals surface area contributed by atoms with Gasteiger partial charge in [0, 0.05) is 36.0 Å². The first-order chi connectivity index (χ1) is 15.7. The van der Waals surface area contributed by atoms with Crippen LogP contribution in [0.5, 0.6) is 0 Å². The highest BCUT2D eigenvalue weighted by molar-refractivity contribution is 6.00. The van der Waals surface area contributed by atoms with Crippen LogP contribution in [-0.2, 0) is 5.54 Å². The van der Waals surface area contributed by atoms with Crippen LogP contribution in [0.4, 0.5) is 15.9 Å². The molecule has 7 nitrogen and oxygen atoms in total. The van der Waals surface area contributed by atoms with Crippen LogP contribution < -0.4 is 16.0 Å². The zero-order valence-corrected chi connectivity index (χ0v) is 18.8. The van der Waals surface area contributed by atoms with Gasteiger partial charge in [-0.2, -0.15) is 9.49 Å². The van der Waals surface area contributed by atoms with Crippen LogP contribution in [0.2, 0.25) is 0 Å². The molecule has 2 aliphatic heterocycles. The number of pyridine rings is 1. The van der Waals surface area contributed by atoms with E-state index in [2.05, 4.69) is 20.3 Å². The van der Waals surface area contributed by atoms with Crippen molar-refractivity contribution in [1.82, 2.24) is 15.3 Å². The molecule has 1 aromatic heterocycles. The number of hydrogen-bond donors (Lipinski definition) is 2. The van der Waals surface area contributed by atoms with Gasteiger partial charge in [-0.1, -0.05) is 18.2 Å². The predicted molar refractivity (Wildman–Crippen MR) is 128 cm³/mol. The van der Waals surface area contributed by atoms with Crippen molar-refractivity contribution in [1.29, 1.82) is 0 Å². The first-order valence-electron chi connectivity index (χ1n) is 10.8. The molecule has 0 unspecified atom stereocenters. The number of hydrazone groups is 1. The largest absolute Gasteiger partial charge is 0.383 e. The number of nitrogen functional groups attached to an aromatic ring is 1. The van der Waals surface area contributed by atoms with Crippen molar-refractivity contribution in [2.75, 3.05) is 30.8 Å². The maximum atomic E-state index is 14.8. The van der Waals surface area contributed by atoms with Gasteiger partial charge in [0.15, 0.2) is 0 Å². The third-order valence-corrected chi connectivity index (χ3v) is 6.24. The standard InChI is InChI=1S/C25H25FN6O/c1-25(2)21-12-16(6-9-18(21)24(33)30-25)20-13-19(22(26)29-23(20)27)15-4-7-17(8-5-15)32-11-10-31(3)28-14-32/h4-9,12-14H,10-11H2,1-3H3,(H2,27,29)(H,30,33). The van der Waals surface area contributed by atoms with Gasteiger partial charge in [0.25, 0.3) is 5.91 Å². The van der Waals surface area contributed by atoms with Crippen molar-refractivity contribution in [3.63, 3.8) is 0 Å². The number of hydrogen-bond acceptors (Lipinski definition) is 6. The zero-order valence-electron chi connectivity index (χ0n) is 18.8. The molecule has 0 radical (unpaired) electrons. The number of amides is 1. The van der Waals surface area contributed by atoms with Crippen LogP contribution in [0.3, 0.4) is 0 Å². The molecule has 8 heteroatoms. The number of rotatable bonds is 3. The molecule has 0 aliphatic carbocycles. The quantitative estimate of drug-likeness (QED) is 0.600. The van der Waals surface area contributed by atoms with Gasteiger partial charge >= 0.3 is 0 Å². The summed E-state index contributed by atoms with van der Waals surface area (Å²) in [5.41, 5.74) is 10.6. The average molecular weight is 445 g/mol. The Bertz CT molecular complexity index is 1280. The molecule has 0 fully saturated rings. The minimum Gasteiger partial charge on any atom is -0.383 e. The fourth-order valence-corrected chi connectivity index (χ4v) is 4.33. The molecule has 0 spiro atoms. The Labute approximate surface area is 191 Å². The van der Waals surface area contributed by atoms with E-state index in [0.29, 0.717) is 22.3 Å². The van der Waals surface area contributed by atoms with Gasteiger partial charge in [-0.05, 0) is 60.9 Å².